The van der Waals surface area contributed by atoms with Crippen molar-refractivity contribution in [1.29, 1.82) is 0 Å². The van der Waals surface area contributed by atoms with Crippen molar-refractivity contribution in [2.75, 3.05) is 11.9 Å². The monoisotopic (exact) mass is 471 g/mol. The first-order chi connectivity index (χ1) is 15.5. The van der Waals surface area contributed by atoms with Crippen LogP contribution in [0.5, 0.6) is 0 Å². The quantitative estimate of drug-likeness (QED) is 0.615. The molecule has 0 spiro atoms. The fourth-order valence-electron chi connectivity index (χ4n) is 4.31. The second kappa shape index (κ2) is 9.02. The molecule has 4 rings (SSSR count). The lowest BCUT2D eigenvalue weighted by molar-refractivity contribution is 0.0562. The van der Waals surface area contributed by atoms with Gasteiger partial charge in [0.05, 0.1) is 11.0 Å². The highest BCUT2D eigenvalue weighted by molar-refractivity contribution is 7.17. The number of aliphatic hydroxyl groups excluding tert-OH is 1. The number of aliphatic hydroxyl groups is 1. The molecule has 0 unspecified atom stereocenters. The summed E-state index contributed by atoms with van der Waals surface area (Å²) in [5.74, 6) is 0.319. The van der Waals surface area contributed by atoms with Gasteiger partial charge in [0, 0.05) is 35.9 Å². The summed E-state index contributed by atoms with van der Waals surface area (Å²) in [6, 6.07) is 2.06. The van der Waals surface area contributed by atoms with Gasteiger partial charge in [-0.15, -0.1) is 11.3 Å². The molecule has 3 N–H and O–H groups in total. The van der Waals surface area contributed by atoms with Crippen molar-refractivity contribution in [2.24, 2.45) is 0 Å². The van der Waals surface area contributed by atoms with E-state index < -0.39 is 0 Å². The lowest BCUT2D eigenvalue weighted by atomic mass is 9.89. The molecule has 0 radical (unpaired) electrons. The first kappa shape index (κ1) is 23.6. The molecule has 2 fully saturated rings. The summed E-state index contributed by atoms with van der Waals surface area (Å²) in [5.41, 5.74) is 1.95. The molecule has 1 saturated carbocycles. The number of nitrogens with zero attached hydrogens (tertiary/aromatic N) is 3. The van der Waals surface area contributed by atoms with E-state index in [0.29, 0.717) is 30.0 Å². The van der Waals surface area contributed by atoms with Gasteiger partial charge in [-0.25, -0.2) is 9.97 Å². The zero-order valence-corrected chi connectivity index (χ0v) is 20.8. The number of aryl methyl sites for hydroxylation is 1. The fraction of sp³-hybridized carbons (Fsp3) is 0.583. The number of thiazole rings is 1. The summed E-state index contributed by atoms with van der Waals surface area (Å²) in [6.07, 6.45) is 4.43. The Hall–Kier alpha value is -2.52. The van der Waals surface area contributed by atoms with E-state index in [1.165, 1.54) is 11.3 Å². The van der Waals surface area contributed by atoms with E-state index in [0.717, 1.165) is 29.8 Å². The van der Waals surface area contributed by atoms with Crippen LogP contribution in [0.3, 0.4) is 0 Å². The molecule has 3 heterocycles. The number of hydrogen-bond acceptors (Lipinski definition) is 7. The van der Waals surface area contributed by atoms with Crippen LogP contribution in [0.2, 0.25) is 0 Å². The number of pyridine rings is 1. The minimum Gasteiger partial charge on any atom is -0.393 e. The molecule has 1 aliphatic heterocycles. The van der Waals surface area contributed by atoms with Crippen LogP contribution in [0.4, 0.5) is 5.82 Å². The average molecular weight is 472 g/mol. The Morgan fingerprint density at radius 3 is 2.58 bits per heavy atom. The molecule has 33 heavy (non-hydrogen) atoms. The number of rotatable bonds is 5. The van der Waals surface area contributed by atoms with Crippen LogP contribution >= 0.6 is 11.3 Å². The Bertz CT molecular complexity index is 1050. The third-order valence-corrected chi connectivity index (χ3v) is 7.23. The molecule has 0 bridgehead atoms. The second-order valence-corrected chi connectivity index (χ2v) is 11.2. The van der Waals surface area contributed by atoms with Gasteiger partial charge in [-0.1, -0.05) is 0 Å². The van der Waals surface area contributed by atoms with Gasteiger partial charge < -0.3 is 20.6 Å². The standard InChI is InChI=1S/C24H33N5O3S/c1-13-9-18(28-24(3,4)5)25-12-17(13)20-19(23(32)29-8-6-7-14(29)2)27-22(33-20)21(31)26-15-10-16(30)11-15/h9,12,14-16,30H,6-8,10-11H2,1-5H3,(H,25,28)(H,26,31)/t14-,15-,16-/m0/s1. The Kier molecular flexibility index (Phi) is 6.46. The first-order valence-corrected chi connectivity index (χ1v) is 12.4. The molecule has 1 aliphatic carbocycles. The predicted molar refractivity (Wildman–Crippen MR) is 130 cm³/mol. The minimum atomic E-state index is -0.357. The number of nitrogens with one attached hydrogen (secondary N) is 2. The van der Waals surface area contributed by atoms with Gasteiger partial charge in [0.1, 0.15) is 11.5 Å². The smallest absolute Gasteiger partial charge is 0.280 e. The molecular formula is C24H33N5O3S. The normalized spacial score (nSPS) is 22.7. The Labute approximate surface area is 198 Å². The molecule has 8 nitrogen and oxygen atoms in total. The lowest BCUT2D eigenvalue weighted by Gasteiger charge is -2.31. The van der Waals surface area contributed by atoms with E-state index in [9.17, 15) is 14.7 Å². The van der Waals surface area contributed by atoms with Crippen LogP contribution in [0.1, 0.15) is 79.2 Å². The maximum atomic E-state index is 13.5. The van der Waals surface area contributed by atoms with Crippen molar-refractivity contribution in [2.45, 2.75) is 84.0 Å². The molecule has 0 aromatic carbocycles. The highest BCUT2D eigenvalue weighted by Gasteiger charge is 2.33. The SMILES string of the molecule is Cc1cc(NC(C)(C)C)ncc1-c1sc(C(=O)N[C@H]2C[C@H](O)C2)nc1C(=O)N1CCC[C@@H]1C. The van der Waals surface area contributed by atoms with Crippen LogP contribution in [0.15, 0.2) is 12.3 Å². The van der Waals surface area contributed by atoms with Gasteiger partial charge in [-0.05, 0) is 71.9 Å². The summed E-state index contributed by atoms with van der Waals surface area (Å²) in [7, 11) is 0. The third kappa shape index (κ3) is 5.19. The second-order valence-electron chi connectivity index (χ2n) is 10.2. The van der Waals surface area contributed by atoms with Gasteiger partial charge in [0.2, 0.25) is 0 Å². The van der Waals surface area contributed by atoms with Crippen molar-refractivity contribution in [3.8, 4) is 10.4 Å². The third-order valence-electron chi connectivity index (χ3n) is 6.14. The maximum absolute atomic E-state index is 13.5. The van der Waals surface area contributed by atoms with Crippen molar-refractivity contribution < 1.29 is 14.7 Å². The first-order valence-electron chi connectivity index (χ1n) is 11.6. The molecule has 1 saturated heterocycles. The number of carbonyl (C=O) groups excluding carboxylic acids is 2. The Balaban J connectivity index is 1.68. The number of amides is 2. The number of anilines is 1. The van der Waals surface area contributed by atoms with E-state index in [2.05, 4.69) is 41.4 Å². The van der Waals surface area contributed by atoms with E-state index in [4.69, 9.17) is 0 Å². The number of likely N-dealkylation sites (tertiary alicyclic amines) is 1. The van der Waals surface area contributed by atoms with Gasteiger partial charge in [-0.3, -0.25) is 9.59 Å². The zero-order valence-electron chi connectivity index (χ0n) is 19.9. The van der Waals surface area contributed by atoms with E-state index >= 15 is 0 Å². The molecule has 2 amide bonds. The Morgan fingerprint density at radius 2 is 2.00 bits per heavy atom. The van der Waals surface area contributed by atoms with Crippen molar-refractivity contribution in [1.82, 2.24) is 20.2 Å². The number of aromatic nitrogens is 2. The highest BCUT2D eigenvalue weighted by Crippen LogP contribution is 2.35. The van der Waals surface area contributed by atoms with Crippen molar-refractivity contribution in [3.63, 3.8) is 0 Å². The van der Waals surface area contributed by atoms with Crippen LogP contribution < -0.4 is 10.6 Å². The van der Waals surface area contributed by atoms with Crippen molar-refractivity contribution >= 4 is 29.0 Å². The zero-order chi connectivity index (χ0) is 23.9. The van der Waals surface area contributed by atoms with Gasteiger partial charge in [0.15, 0.2) is 5.01 Å². The number of carbonyl (C=O) groups is 2. The predicted octanol–water partition coefficient (Wildman–Crippen LogP) is 3.60. The average Bonchev–Trinajstić information content (AvgIpc) is 3.32. The summed E-state index contributed by atoms with van der Waals surface area (Å²) >= 11 is 1.23. The largest absolute Gasteiger partial charge is 0.393 e. The molecule has 1 atom stereocenters. The number of hydrogen-bond donors (Lipinski definition) is 3. The highest BCUT2D eigenvalue weighted by atomic mass is 32.1. The van der Waals surface area contributed by atoms with E-state index in [1.54, 1.807) is 6.20 Å². The lowest BCUT2D eigenvalue weighted by Crippen LogP contribution is -2.46. The summed E-state index contributed by atoms with van der Waals surface area (Å²) in [6.45, 7) is 10.9. The van der Waals surface area contributed by atoms with E-state index in [-0.39, 0.29) is 40.5 Å². The van der Waals surface area contributed by atoms with Gasteiger partial charge in [-0.2, -0.15) is 0 Å². The molecule has 2 aromatic heterocycles. The summed E-state index contributed by atoms with van der Waals surface area (Å²) in [5, 5.41) is 16.1. The topological polar surface area (TPSA) is 107 Å². The van der Waals surface area contributed by atoms with Gasteiger partial charge >= 0.3 is 0 Å². The summed E-state index contributed by atoms with van der Waals surface area (Å²) in [4.78, 5) is 37.9. The maximum Gasteiger partial charge on any atom is 0.280 e. The Morgan fingerprint density at radius 1 is 1.27 bits per heavy atom. The molecular weight excluding hydrogens is 438 g/mol. The fourth-order valence-corrected chi connectivity index (χ4v) is 5.35. The van der Waals surface area contributed by atoms with Crippen LogP contribution in [-0.2, 0) is 0 Å². The van der Waals surface area contributed by atoms with Crippen molar-refractivity contribution in [3.05, 3.63) is 28.5 Å². The molecule has 178 valence electrons. The molecule has 9 heteroatoms. The molecule has 2 aliphatic rings. The van der Waals surface area contributed by atoms with Crippen LogP contribution in [0.25, 0.3) is 10.4 Å². The van der Waals surface area contributed by atoms with E-state index in [1.807, 2.05) is 24.8 Å². The minimum absolute atomic E-state index is 0.0521. The molecule has 2 aromatic rings. The van der Waals surface area contributed by atoms with Crippen LogP contribution in [0, 0.1) is 6.92 Å². The van der Waals surface area contributed by atoms with Crippen LogP contribution in [-0.4, -0.2) is 62.1 Å². The van der Waals surface area contributed by atoms with Gasteiger partial charge in [0.25, 0.3) is 11.8 Å². The summed E-state index contributed by atoms with van der Waals surface area (Å²) < 4.78 is 0.